The number of aliphatic hydroxyl groups excluding tert-OH is 1. The van der Waals surface area contributed by atoms with Crippen molar-refractivity contribution >= 4 is 5.91 Å². The summed E-state index contributed by atoms with van der Waals surface area (Å²) in [6, 6.07) is 6.33. The van der Waals surface area contributed by atoms with E-state index < -0.39 is 0 Å². The van der Waals surface area contributed by atoms with Crippen molar-refractivity contribution in [2.45, 2.75) is 45.4 Å². The van der Waals surface area contributed by atoms with E-state index in [4.69, 9.17) is 4.42 Å². The topological polar surface area (TPSA) is 81.8 Å². The van der Waals surface area contributed by atoms with Gasteiger partial charge in [-0.25, -0.2) is 9.37 Å². The van der Waals surface area contributed by atoms with Gasteiger partial charge in [0.25, 0.3) is 5.91 Å². The summed E-state index contributed by atoms with van der Waals surface area (Å²) in [7, 11) is 0. The molecule has 0 aliphatic carbocycles. The second-order valence-electron chi connectivity index (χ2n) is 7.77. The average Bonchev–Trinajstić information content (AvgIpc) is 3.21. The fraction of sp³-hybridized carbons (Fsp3) is 0.545. The predicted molar refractivity (Wildman–Crippen MR) is 111 cm³/mol. The summed E-state index contributed by atoms with van der Waals surface area (Å²) < 4.78 is 19.1. The lowest BCUT2D eigenvalue weighted by Crippen LogP contribution is -2.48. The zero-order chi connectivity index (χ0) is 21.3. The highest BCUT2D eigenvalue weighted by molar-refractivity contribution is 5.91. The molecule has 1 saturated heterocycles. The molecular formula is C22H31FN4O3. The number of carbonyl (C=O) groups is 1. The van der Waals surface area contributed by atoms with E-state index in [1.165, 1.54) is 12.3 Å². The van der Waals surface area contributed by atoms with Crippen molar-refractivity contribution in [3.63, 3.8) is 0 Å². The lowest BCUT2D eigenvalue weighted by molar-refractivity contribution is 0.0627. The molecule has 1 aliphatic rings. The normalized spacial score (nSPS) is 16.5. The summed E-state index contributed by atoms with van der Waals surface area (Å²) >= 11 is 0. The van der Waals surface area contributed by atoms with Crippen molar-refractivity contribution in [2.24, 2.45) is 0 Å². The highest BCUT2D eigenvalue weighted by Crippen LogP contribution is 2.11. The van der Waals surface area contributed by atoms with Crippen LogP contribution in [0.5, 0.6) is 0 Å². The first-order valence-corrected chi connectivity index (χ1v) is 10.6. The van der Waals surface area contributed by atoms with Crippen LogP contribution in [0.15, 0.2) is 34.9 Å². The van der Waals surface area contributed by atoms with Gasteiger partial charge in [-0.2, -0.15) is 0 Å². The van der Waals surface area contributed by atoms with Crippen LogP contribution in [0, 0.1) is 5.82 Å². The van der Waals surface area contributed by atoms with Gasteiger partial charge in [0.1, 0.15) is 12.1 Å². The zero-order valence-electron chi connectivity index (χ0n) is 17.5. The highest BCUT2D eigenvalue weighted by Gasteiger charge is 2.21. The minimum absolute atomic E-state index is 0.0970. The molecule has 0 bridgehead atoms. The monoisotopic (exact) mass is 418 g/mol. The van der Waals surface area contributed by atoms with E-state index in [1.54, 1.807) is 18.2 Å². The molecule has 0 saturated carbocycles. The molecular weight excluding hydrogens is 387 g/mol. The van der Waals surface area contributed by atoms with Gasteiger partial charge in [0.15, 0.2) is 5.69 Å². The molecule has 0 unspecified atom stereocenters. The molecule has 1 atom stereocenters. The van der Waals surface area contributed by atoms with E-state index in [1.807, 2.05) is 0 Å². The first kappa shape index (κ1) is 22.4. The number of unbranched alkanes of at least 4 members (excludes halogenated alkanes) is 1. The SMILES string of the molecule is CCCC[C@@H](O)CN1CCN(Cc2nc(C(=O)NCc3ccccc3F)co2)CC1. The number of hydrogen-bond donors (Lipinski definition) is 2. The van der Waals surface area contributed by atoms with Crippen LogP contribution in [0.4, 0.5) is 4.39 Å². The molecule has 3 rings (SSSR count). The second-order valence-corrected chi connectivity index (χ2v) is 7.77. The predicted octanol–water partition coefficient (Wildman–Crippen LogP) is 2.41. The number of piperazine rings is 1. The van der Waals surface area contributed by atoms with Crippen LogP contribution in [-0.2, 0) is 13.1 Å². The molecule has 1 fully saturated rings. The fourth-order valence-corrected chi connectivity index (χ4v) is 3.55. The maximum Gasteiger partial charge on any atom is 0.273 e. The number of aliphatic hydroxyl groups is 1. The van der Waals surface area contributed by atoms with Crippen molar-refractivity contribution in [3.8, 4) is 0 Å². The van der Waals surface area contributed by atoms with Crippen LogP contribution in [0.2, 0.25) is 0 Å². The molecule has 1 aromatic heterocycles. The number of benzene rings is 1. The first-order chi connectivity index (χ1) is 14.5. The number of halogens is 1. The van der Waals surface area contributed by atoms with Crippen LogP contribution < -0.4 is 5.32 Å². The minimum Gasteiger partial charge on any atom is -0.447 e. The minimum atomic E-state index is -0.390. The van der Waals surface area contributed by atoms with Crippen LogP contribution in [-0.4, -0.2) is 64.6 Å². The van der Waals surface area contributed by atoms with Gasteiger partial charge in [0, 0.05) is 44.8 Å². The van der Waals surface area contributed by atoms with Crippen molar-refractivity contribution in [1.82, 2.24) is 20.1 Å². The maximum absolute atomic E-state index is 13.7. The first-order valence-electron chi connectivity index (χ1n) is 10.6. The van der Waals surface area contributed by atoms with E-state index in [2.05, 4.69) is 27.0 Å². The Bertz CT molecular complexity index is 805. The Kier molecular flexibility index (Phi) is 8.36. The number of nitrogens with zero attached hydrogens (tertiary/aromatic N) is 3. The van der Waals surface area contributed by atoms with Crippen LogP contribution in [0.3, 0.4) is 0 Å². The standard InChI is InChI=1S/C22H31FN4O3/c1-2-3-7-18(28)14-26-9-11-27(12-10-26)15-21-25-20(16-30-21)22(29)24-13-17-6-4-5-8-19(17)23/h4-6,8,16,18,28H,2-3,7,9-15H2,1H3,(H,24,29)/t18-/m1/s1. The molecule has 30 heavy (non-hydrogen) atoms. The Morgan fingerprint density at radius 3 is 2.73 bits per heavy atom. The van der Waals surface area contributed by atoms with E-state index in [-0.39, 0.29) is 30.1 Å². The average molecular weight is 419 g/mol. The number of oxazole rings is 1. The van der Waals surface area contributed by atoms with Crippen molar-refractivity contribution in [2.75, 3.05) is 32.7 Å². The highest BCUT2D eigenvalue weighted by atomic mass is 19.1. The van der Waals surface area contributed by atoms with Gasteiger partial charge in [-0.15, -0.1) is 0 Å². The smallest absolute Gasteiger partial charge is 0.273 e. The molecule has 2 aromatic rings. The second kappa shape index (κ2) is 11.2. The van der Waals surface area contributed by atoms with Crippen LogP contribution in [0.25, 0.3) is 0 Å². The number of hydrogen-bond acceptors (Lipinski definition) is 6. The lowest BCUT2D eigenvalue weighted by Gasteiger charge is -2.35. The van der Waals surface area contributed by atoms with Crippen molar-refractivity contribution in [1.29, 1.82) is 0 Å². The number of aromatic nitrogens is 1. The molecule has 1 aliphatic heterocycles. The summed E-state index contributed by atoms with van der Waals surface area (Å²) in [6.45, 7) is 6.98. The van der Waals surface area contributed by atoms with Gasteiger partial charge in [-0.05, 0) is 12.5 Å². The van der Waals surface area contributed by atoms with Gasteiger partial charge in [0.05, 0.1) is 12.6 Å². The quantitative estimate of drug-likeness (QED) is 0.617. The molecule has 7 nitrogen and oxygen atoms in total. The summed E-state index contributed by atoms with van der Waals surface area (Å²) in [5.41, 5.74) is 0.617. The van der Waals surface area contributed by atoms with E-state index in [9.17, 15) is 14.3 Å². The van der Waals surface area contributed by atoms with Gasteiger partial charge >= 0.3 is 0 Å². The molecule has 0 spiro atoms. The fourth-order valence-electron chi connectivity index (χ4n) is 3.55. The van der Waals surface area contributed by atoms with E-state index in [0.717, 1.165) is 52.0 Å². The summed E-state index contributed by atoms with van der Waals surface area (Å²) in [4.78, 5) is 21.0. The number of β-amino-alcohol motifs (C(OH)–C–C–N with tert-alkyl or cyclic N) is 1. The van der Waals surface area contributed by atoms with Crippen molar-refractivity contribution < 1.29 is 18.7 Å². The molecule has 1 aromatic carbocycles. The van der Waals surface area contributed by atoms with Crippen LogP contribution >= 0.6 is 0 Å². The Hall–Kier alpha value is -2.29. The Morgan fingerprint density at radius 1 is 1.27 bits per heavy atom. The van der Waals surface area contributed by atoms with E-state index in [0.29, 0.717) is 18.0 Å². The van der Waals surface area contributed by atoms with Gasteiger partial charge < -0.3 is 14.8 Å². The molecule has 2 heterocycles. The molecule has 164 valence electrons. The molecule has 0 radical (unpaired) electrons. The van der Waals surface area contributed by atoms with Gasteiger partial charge in [0.2, 0.25) is 5.89 Å². The maximum atomic E-state index is 13.7. The number of nitrogens with one attached hydrogen (secondary N) is 1. The van der Waals surface area contributed by atoms with Gasteiger partial charge in [-0.1, -0.05) is 38.0 Å². The van der Waals surface area contributed by atoms with Crippen molar-refractivity contribution in [3.05, 3.63) is 53.5 Å². The van der Waals surface area contributed by atoms with Crippen LogP contribution in [0.1, 0.15) is 48.1 Å². The molecule has 1 amide bonds. The third kappa shape index (κ3) is 6.62. The lowest BCUT2D eigenvalue weighted by atomic mass is 10.1. The number of carbonyl (C=O) groups excluding carboxylic acids is 1. The molecule has 2 N–H and O–H groups in total. The zero-order valence-corrected chi connectivity index (χ0v) is 17.5. The number of amides is 1. The third-order valence-electron chi connectivity index (χ3n) is 5.37. The van der Waals surface area contributed by atoms with E-state index >= 15 is 0 Å². The number of rotatable bonds is 10. The molecule has 8 heteroatoms. The largest absolute Gasteiger partial charge is 0.447 e. The summed E-state index contributed by atoms with van der Waals surface area (Å²) in [6.07, 6.45) is 4.10. The Balaban J connectivity index is 1.41. The Morgan fingerprint density at radius 2 is 2.00 bits per heavy atom. The Labute approximate surface area is 176 Å². The summed E-state index contributed by atoms with van der Waals surface area (Å²) in [5.74, 6) is -0.253. The summed E-state index contributed by atoms with van der Waals surface area (Å²) in [5, 5.41) is 12.7. The van der Waals surface area contributed by atoms with Gasteiger partial charge in [-0.3, -0.25) is 14.6 Å². The third-order valence-corrected chi connectivity index (χ3v) is 5.37.